The number of nitrogens with one attached hydrogen (secondary N) is 1. The lowest BCUT2D eigenvalue weighted by molar-refractivity contribution is -0.147. The molecule has 0 saturated carbocycles. The highest BCUT2D eigenvalue weighted by Gasteiger charge is 2.27. The minimum Gasteiger partial charge on any atom is -0.381 e. The Balaban J connectivity index is 2.59. The van der Waals surface area contributed by atoms with Crippen molar-refractivity contribution < 1.29 is 9.90 Å². The Morgan fingerprint density at radius 3 is 2.79 bits per heavy atom. The highest BCUT2D eigenvalue weighted by Crippen LogP contribution is 2.07. The molecule has 0 bridgehead atoms. The summed E-state index contributed by atoms with van der Waals surface area (Å²) >= 11 is 0. The second-order valence-electron chi connectivity index (χ2n) is 3.76. The summed E-state index contributed by atoms with van der Waals surface area (Å²) in [6, 6.07) is 0. The van der Waals surface area contributed by atoms with Gasteiger partial charge in [0.05, 0.1) is 6.54 Å². The van der Waals surface area contributed by atoms with Crippen LogP contribution in [0.5, 0.6) is 0 Å². The monoisotopic (exact) mass is 197 g/mol. The van der Waals surface area contributed by atoms with Gasteiger partial charge in [-0.1, -0.05) is 0 Å². The van der Waals surface area contributed by atoms with Gasteiger partial charge in [-0.15, -0.1) is 0 Å². The Kier molecular flexibility index (Phi) is 2.90. The average Bonchev–Trinajstić information content (AvgIpc) is 2.53. The molecule has 0 spiro atoms. The fourth-order valence-corrected chi connectivity index (χ4v) is 1.15. The van der Waals surface area contributed by atoms with E-state index in [1.54, 1.807) is 19.4 Å². The van der Waals surface area contributed by atoms with E-state index in [0.717, 1.165) is 0 Å². The highest BCUT2D eigenvalue weighted by atomic mass is 16.3. The van der Waals surface area contributed by atoms with E-state index < -0.39 is 5.60 Å². The van der Waals surface area contributed by atoms with Crippen molar-refractivity contribution in [2.75, 3.05) is 7.05 Å². The van der Waals surface area contributed by atoms with Gasteiger partial charge in [-0.25, -0.2) is 4.98 Å². The Bertz CT molecular complexity index is 300. The van der Waals surface area contributed by atoms with Crippen molar-refractivity contribution >= 4 is 5.91 Å². The summed E-state index contributed by atoms with van der Waals surface area (Å²) in [4.78, 5) is 19.8. The highest BCUT2D eigenvalue weighted by molar-refractivity contribution is 5.83. The predicted octanol–water partition coefficient (Wildman–Crippen LogP) is 0.139. The van der Waals surface area contributed by atoms with Crippen molar-refractivity contribution in [3.05, 3.63) is 18.2 Å². The van der Waals surface area contributed by atoms with Crippen LogP contribution in [0.1, 0.15) is 19.7 Å². The zero-order chi connectivity index (χ0) is 10.8. The van der Waals surface area contributed by atoms with Crippen LogP contribution in [0.4, 0.5) is 0 Å². The van der Waals surface area contributed by atoms with Gasteiger partial charge in [0.25, 0.3) is 5.91 Å². The molecule has 5 heteroatoms. The Morgan fingerprint density at radius 2 is 2.36 bits per heavy atom. The average molecular weight is 197 g/mol. The van der Waals surface area contributed by atoms with Crippen molar-refractivity contribution in [3.63, 3.8) is 0 Å². The summed E-state index contributed by atoms with van der Waals surface area (Å²) in [5.74, 6) is 0.374. The van der Waals surface area contributed by atoms with Crippen molar-refractivity contribution in [1.82, 2.24) is 14.9 Å². The molecule has 0 aromatic carbocycles. The lowest BCUT2D eigenvalue weighted by atomic mass is 10.1. The zero-order valence-electron chi connectivity index (χ0n) is 8.61. The van der Waals surface area contributed by atoms with Gasteiger partial charge in [0.2, 0.25) is 0 Å². The molecule has 1 aromatic rings. The van der Waals surface area contributed by atoms with Crippen LogP contribution < -0.4 is 0 Å². The minimum atomic E-state index is -1.33. The first-order valence-electron chi connectivity index (χ1n) is 4.37. The molecular weight excluding hydrogens is 182 g/mol. The first-order chi connectivity index (χ1) is 6.41. The van der Waals surface area contributed by atoms with E-state index in [9.17, 15) is 9.90 Å². The molecule has 0 saturated heterocycles. The molecule has 5 nitrogen and oxygen atoms in total. The quantitative estimate of drug-likeness (QED) is 0.724. The SMILES string of the molecule is CN(Cc1ncc[nH]1)C(=O)C(C)(C)O. The number of likely N-dealkylation sites (N-methyl/N-ethyl adjacent to an activating group) is 1. The maximum atomic E-state index is 11.5. The standard InChI is InChI=1S/C9H15N3O2/c1-9(2,14)8(13)12(3)6-7-10-4-5-11-7/h4-5,14H,6H2,1-3H3,(H,10,11). The van der Waals surface area contributed by atoms with E-state index in [0.29, 0.717) is 12.4 Å². The van der Waals surface area contributed by atoms with Crippen LogP contribution in [0, 0.1) is 0 Å². The van der Waals surface area contributed by atoms with Crippen molar-refractivity contribution in [2.24, 2.45) is 0 Å². The molecule has 0 aliphatic carbocycles. The molecular formula is C9H15N3O2. The van der Waals surface area contributed by atoms with E-state index in [4.69, 9.17) is 0 Å². The molecule has 1 rings (SSSR count). The van der Waals surface area contributed by atoms with E-state index in [2.05, 4.69) is 9.97 Å². The van der Waals surface area contributed by atoms with E-state index >= 15 is 0 Å². The number of H-pyrrole nitrogens is 1. The summed E-state index contributed by atoms with van der Waals surface area (Å²) in [6.45, 7) is 3.30. The molecule has 0 aliphatic heterocycles. The number of nitrogens with zero attached hydrogens (tertiary/aromatic N) is 2. The fourth-order valence-electron chi connectivity index (χ4n) is 1.15. The lowest BCUT2D eigenvalue weighted by Gasteiger charge is -2.24. The topological polar surface area (TPSA) is 69.2 Å². The number of carbonyl (C=O) groups excluding carboxylic acids is 1. The number of hydrogen-bond acceptors (Lipinski definition) is 3. The molecule has 78 valence electrons. The number of amides is 1. The van der Waals surface area contributed by atoms with Crippen LogP contribution in [-0.2, 0) is 11.3 Å². The third kappa shape index (κ3) is 2.56. The van der Waals surface area contributed by atoms with Crippen LogP contribution >= 0.6 is 0 Å². The smallest absolute Gasteiger partial charge is 0.254 e. The summed E-state index contributed by atoms with van der Waals surface area (Å²) in [6.07, 6.45) is 3.31. The van der Waals surface area contributed by atoms with Crippen LogP contribution in [-0.4, -0.2) is 38.5 Å². The normalized spacial score (nSPS) is 11.4. The molecule has 0 atom stereocenters. The molecule has 2 N–H and O–H groups in total. The molecule has 14 heavy (non-hydrogen) atoms. The van der Waals surface area contributed by atoms with Gasteiger partial charge in [0.1, 0.15) is 11.4 Å². The maximum Gasteiger partial charge on any atom is 0.254 e. The zero-order valence-corrected chi connectivity index (χ0v) is 8.61. The number of hydrogen-bond donors (Lipinski definition) is 2. The van der Waals surface area contributed by atoms with E-state index in [-0.39, 0.29) is 5.91 Å². The molecule has 1 amide bonds. The van der Waals surface area contributed by atoms with Gasteiger partial charge in [-0.05, 0) is 13.8 Å². The molecule has 0 radical (unpaired) electrons. The number of aromatic amines is 1. The molecule has 1 aromatic heterocycles. The molecule has 0 aliphatic rings. The Hall–Kier alpha value is -1.36. The molecule has 0 fully saturated rings. The van der Waals surface area contributed by atoms with Gasteiger partial charge in [0, 0.05) is 19.4 Å². The number of imidazole rings is 1. The van der Waals surface area contributed by atoms with Gasteiger partial charge < -0.3 is 15.0 Å². The summed E-state index contributed by atoms with van der Waals surface area (Å²) in [7, 11) is 1.63. The summed E-state index contributed by atoms with van der Waals surface area (Å²) in [5, 5.41) is 9.46. The van der Waals surface area contributed by atoms with Crippen LogP contribution in [0.25, 0.3) is 0 Å². The number of aliphatic hydroxyl groups is 1. The minimum absolute atomic E-state index is 0.325. The van der Waals surface area contributed by atoms with Crippen LogP contribution in [0.3, 0.4) is 0 Å². The number of carbonyl (C=O) groups is 1. The lowest BCUT2D eigenvalue weighted by Crippen LogP contribution is -2.42. The maximum absolute atomic E-state index is 11.5. The second-order valence-corrected chi connectivity index (χ2v) is 3.76. The largest absolute Gasteiger partial charge is 0.381 e. The van der Waals surface area contributed by atoms with Gasteiger partial charge in [0.15, 0.2) is 0 Å². The van der Waals surface area contributed by atoms with Gasteiger partial charge in [-0.2, -0.15) is 0 Å². The van der Waals surface area contributed by atoms with Crippen molar-refractivity contribution in [2.45, 2.75) is 26.0 Å². The van der Waals surface area contributed by atoms with Crippen molar-refractivity contribution in [3.8, 4) is 0 Å². The van der Waals surface area contributed by atoms with Crippen LogP contribution in [0.15, 0.2) is 12.4 Å². The number of aromatic nitrogens is 2. The molecule has 0 unspecified atom stereocenters. The Morgan fingerprint density at radius 1 is 1.71 bits per heavy atom. The van der Waals surface area contributed by atoms with Crippen LogP contribution in [0.2, 0.25) is 0 Å². The first-order valence-corrected chi connectivity index (χ1v) is 4.37. The second kappa shape index (κ2) is 3.79. The fraction of sp³-hybridized carbons (Fsp3) is 0.556. The van der Waals surface area contributed by atoms with Crippen molar-refractivity contribution in [1.29, 1.82) is 0 Å². The summed E-state index contributed by atoms with van der Waals surface area (Å²) in [5.41, 5.74) is -1.33. The third-order valence-electron chi connectivity index (χ3n) is 1.81. The first kappa shape index (κ1) is 10.7. The third-order valence-corrected chi connectivity index (χ3v) is 1.81. The van der Waals surface area contributed by atoms with Gasteiger partial charge >= 0.3 is 0 Å². The molecule has 1 heterocycles. The van der Waals surface area contributed by atoms with Gasteiger partial charge in [-0.3, -0.25) is 4.79 Å². The predicted molar refractivity (Wildman–Crippen MR) is 51.4 cm³/mol. The van der Waals surface area contributed by atoms with E-state index in [1.165, 1.54) is 18.7 Å². The summed E-state index contributed by atoms with van der Waals surface area (Å²) < 4.78 is 0. The van der Waals surface area contributed by atoms with E-state index in [1.807, 2.05) is 0 Å². The number of rotatable bonds is 3. The Labute approximate surface area is 82.8 Å².